The van der Waals surface area contributed by atoms with Crippen molar-refractivity contribution in [3.63, 3.8) is 0 Å². The highest BCUT2D eigenvalue weighted by atomic mass is 35.5. The molecule has 0 aliphatic rings. The van der Waals surface area contributed by atoms with Crippen molar-refractivity contribution in [1.82, 2.24) is 24.6 Å². The molecule has 0 bridgehead atoms. The normalized spacial score (nSPS) is 11.1. The molecule has 1 amide bonds. The summed E-state index contributed by atoms with van der Waals surface area (Å²) in [6.45, 7) is 5.72. The first-order valence-electron chi connectivity index (χ1n) is 8.16. The van der Waals surface area contributed by atoms with Gasteiger partial charge in [-0.05, 0) is 39.0 Å². The van der Waals surface area contributed by atoms with Gasteiger partial charge in [0.05, 0.1) is 5.69 Å². The number of rotatable bonds is 3. The minimum atomic E-state index is -0.422. The molecule has 0 spiro atoms. The molecule has 3 aromatic heterocycles. The Morgan fingerprint density at radius 3 is 2.59 bits per heavy atom. The van der Waals surface area contributed by atoms with E-state index in [0.717, 1.165) is 27.5 Å². The number of benzene rings is 1. The Morgan fingerprint density at radius 1 is 1.11 bits per heavy atom. The van der Waals surface area contributed by atoms with E-state index in [2.05, 4.69) is 25.4 Å². The van der Waals surface area contributed by atoms with E-state index in [1.165, 1.54) is 11.3 Å². The number of fused-ring (bicyclic) bond motifs is 1. The van der Waals surface area contributed by atoms with Crippen LogP contribution in [0.15, 0.2) is 30.3 Å². The van der Waals surface area contributed by atoms with Crippen molar-refractivity contribution in [1.29, 1.82) is 0 Å². The lowest BCUT2D eigenvalue weighted by Crippen LogP contribution is -2.13. The van der Waals surface area contributed by atoms with Crippen LogP contribution in [0, 0.1) is 20.8 Å². The molecule has 0 saturated carbocycles. The molecule has 4 rings (SSSR count). The van der Waals surface area contributed by atoms with Crippen LogP contribution in [0.4, 0.5) is 5.13 Å². The number of nitrogens with zero attached hydrogens (tertiary/aromatic N) is 5. The lowest BCUT2D eigenvalue weighted by molar-refractivity contribution is 0.101. The highest BCUT2D eigenvalue weighted by Gasteiger charge is 2.18. The highest BCUT2D eigenvalue weighted by molar-refractivity contribution is 7.16. The molecular formula is C18H15ClN6OS. The number of amides is 1. The van der Waals surface area contributed by atoms with E-state index in [1.807, 2.05) is 51.1 Å². The Balaban J connectivity index is 1.61. The van der Waals surface area contributed by atoms with E-state index in [-0.39, 0.29) is 5.82 Å². The number of halogens is 1. The molecule has 9 heteroatoms. The van der Waals surface area contributed by atoms with Crippen LogP contribution in [-0.4, -0.2) is 30.5 Å². The van der Waals surface area contributed by atoms with Crippen molar-refractivity contribution in [3.8, 4) is 11.3 Å². The fraction of sp³-hybridized carbons (Fsp3) is 0.167. The van der Waals surface area contributed by atoms with Crippen LogP contribution in [0.1, 0.15) is 26.9 Å². The van der Waals surface area contributed by atoms with Crippen molar-refractivity contribution in [3.05, 3.63) is 57.4 Å². The third kappa shape index (κ3) is 3.41. The van der Waals surface area contributed by atoms with Gasteiger partial charge < -0.3 is 0 Å². The maximum atomic E-state index is 12.6. The Morgan fingerprint density at radius 2 is 1.85 bits per heavy atom. The Labute approximate surface area is 164 Å². The van der Waals surface area contributed by atoms with E-state index in [4.69, 9.17) is 11.6 Å². The lowest BCUT2D eigenvalue weighted by atomic mass is 10.1. The summed E-state index contributed by atoms with van der Waals surface area (Å²) in [7, 11) is 0. The monoisotopic (exact) mass is 398 g/mol. The van der Waals surface area contributed by atoms with Crippen LogP contribution >= 0.6 is 22.9 Å². The number of hydrogen-bond donors (Lipinski definition) is 1. The molecule has 0 aliphatic carbocycles. The molecule has 136 valence electrons. The van der Waals surface area contributed by atoms with Gasteiger partial charge in [-0.2, -0.15) is 4.98 Å². The number of anilines is 1. The topological polar surface area (TPSA) is 85.1 Å². The fourth-order valence-corrected chi connectivity index (χ4v) is 3.70. The van der Waals surface area contributed by atoms with Crippen LogP contribution < -0.4 is 5.32 Å². The van der Waals surface area contributed by atoms with Crippen molar-refractivity contribution in [2.45, 2.75) is 20.8 Å². The van der Waals surface area contributed by atoms with E-state index in [0.29, 0.717) is 15.9 Å². The molecule has 0 aliphatic heterocycles. The van der Waals surface area contributed by atoms with Crippen LogP contribution in [-0.2, 0) is 0 Å². The van der Waals surface area contributed by atoms with Gasteiger partial charge in [0, 0.05) is 26.9 Å². The number of carbonyl (C=O) groups is 1. The van der Waals surface area contributed by atoms with Crippen molar-refractivity contribution in [2.75, 3.05) is 5.32 Å². The Bertz CT molecular complexity index is 1160. The summed E-state index contributed by atoms with van der Waals surface area (Å²) < 4.78 is 1.55. The van der Waals surface area contributed by atoms with Gasteiger partial charge >= 0.3 is 0 Å². The van der Waals surface area contributed by atoms with Crippen molar-refractivity contribution in [2.24, 2.45) is 0 Å². The van der Waals surface area contributed by atoms with Crippen LogP contribution in [0.2, 0.25) is 5.02 Å². The van der Waals surface area contributed by atoms with Gasteiger partial charge in [-0.1, -0.05) is 23.7 Å². The molecule has 0 saturated heterocycles. The lowest BCUT2D eigenvalue weighted by Gasteiger charge is -1.99. The van der Waals surface area contributed by atoms with E-state index in [9.17, 15) is 4.79 Å². The number of aromatic nitrogens is 5. The summed E-state index contributed by atoms with van der Waals surface area (Å²) in [4.78, 5) is 26.6. The average molecular weight is 399 g/mol. The molecule has 0 radical (unpaired) electrons. The minimum Gasteiger partial charge on any atom is -0.295 e. The van der Waals surface area contributed by atoms with Gasteiger partial charge in [0.1, 0.15) is 0 Å². The van der Waals surface area contributed by atoms with E-state index < -0.39 is 5.91 Å². The first-order valence-corrected chi connectivity index (χ1v) is 9.36. The maximum absolute atomic E-state index is 12.6. The summed E-state index contributed by atoms with van der Waals surface area (Å²) in [5.74, 6) is 0.0286. The highest BCUT2D eigenvalue weighted by Crippen LogP contribution is 2.31. The second-order valence-electron chi connectivity index (χ2n) is 6.07. The zero-order chi connectivity index (χ0) is 19.1. The van der Waals surface area contributed by atoms with E-state index >= 15 is 0 Å². The fourth-order valence-electron chi connectivity index (χ4n) is 2.74. The first-order chi connectivity index (χ1) is 12.9. The van der Waals surface area contributed by atoms with Gasteiger partial charge in [-0.25, -0.2) is 14.5 Å². The van der Waals surface area contributed by atoms with E-state index in [1.54, 1.807) is 4.52 Å². The summed E-state index contributed by atoms with van der Waals surface area (Å²) in [6, 6.07) is 9.30. The summed E-state index contributed by atoms with van der Waals surface area (Å²) in [5, 5.41) is 8.16. The smallest absolute Gasteiger partial charge is 0.295 e. The predicted octanol–water partition coefficient (Wildman–Crippen LogP) is 4.08. The molecule has 3 heterocycles. The summed E-state index contributed by atoms with van der Waals surface area (Å²) in [5.41, 5.74) is 3.43. The first kappa shape index (κ1) is 17.6. The molecule has 1 aromatic carbocycles. The zero-order valence-corrected chi connectivity index (χ0v) is 16.4. The molecule has 0 unspecified atom stereocenters. The van der Waals surface area contributed by atoms with Crippen LogP contribution in [0.3, 0.4) is 0 Å². The summed E-state index contributed by atoms with van der Waals surface area (Å²) in [6.07, 6.45) is 0. The number of carbonyl (C=O) groups excluding carboxylic acids is 1. The van der Waals surface area contributed by atoms with Crippen molar-refractivity contribution >= 4 is 39.8 Å². The van der Waals surface area contributed by atoms with Gasteiger partial charge in [-0.15, -0.1) is 16.4 Å². The number of thiazole rings is 1. The molecular weight excluding hydrogens is 384 g/mol. The standard InChI is InChI=1S/C18H15ClN6OS/c1-9-8-10(2)25-17(20-9)22-15(24-25)16(26)23-18-21-14(11(3)27-18)12-4-6-13(19)7-5-12/h4-8H,1-3H3,(H,21,23,26). The average Bonchev–Trinajstić information content (AvgIpc) is 3.19. The van der Waals surface area contributed by atoms with Crippen LogP contribution in [0.25, 0.3) is 17.0 Å². The molecule has 0 fully saturated rings. The molecule has 27 heavy (non-hydrogen) atoms. The second-order valence-corrected chi connectivity index (χ2v) is 7.71. The Kier molecular flexibility index (Phi) is 4.37. The van der Waals surface area contributed by atoms with Crippen LogP contribution in [0.5, 0.6) is 0 Å². The van der Waals surface area contributed by atoms with Crippen molar-refractivity contribution < 1.29 is 4.79 Å². The maximum Gasteiger partial charge on any atom is 0.297 e. The molecule has 4 aromatic rings. The SMILES string of the molecule is Cc1cc(C)n2nc(C(=O)Nc3nc(-c4ccc(Cl)cc4)c(C)s3)nc2n1. The minimum absolute atomic E-state index is 0.0529. The van der Waals surface area contributed by atoms with Gasteiger partial charge in [-0.3, -0.25) is 10.1 Å². The second kappa shape index (κ2) is 6.71. The molecule has 7 nitrogen and oxygen atoms in total. The van der Waals surface area contributed by atoms with Gasteiger partial charge in [0.25, 0.3) is 11.7 Å². The summed E-state index contributed by atoms with van der Waals surface area (Å²) >= 11 is 7.33. The Hall–Kier alpha value is -2.84. The predicted molar refractivity (Wildman–Crippen MR) is 106 cm³/mol. The number of hydrogen-bond acceptors (Lipinski definition) is 6. The molecule has 1 N–H and O–H groups in total. The largest absolute Gasteiger partial charge is 0.297 e. The van der Waals surface area contributed by atoms with Gasteiger partial charge in [0.15, 0.2) is 5.13 Å². The third-order valence-corrected chi connectivity index (χ3v) is 5.09. The number of aryl methyl sites for hydroxylation is 3. The molecule has 0 atom stereocenters. The number of nitrogens with one attached hydrogen (secondary N) is 1. The zero-order valence-electron chi connectivity index (χ0n) is 14.8. The van der Waals surface area contributed by atoms with Gasteiger partial charge in [0.2, 0.25) is 5.82 Å². The quantitative estimate of drug-likeness (QED) is 0.562. The third-order valence-electron chi connectivity index (χ3n) is 3.96.